The maximum absolute atomic E-state index is 9.00. The summed E-state index contributed by atoms with van der Waals surface area (Å²) < 4.78 is 6.77. The third-order valence-corrected chi connectivity index (χ3v) is 2.73. The third-order valence-electron chi connectivity index (χ3n) is 2.73. The number of rotatable bonds is 3. The highest BCUT2D eigenvalue weighted by molar-refractivity contribution is 5.44. The van der Waals surface area contributed by atoms with Gasteiger partial charge >= 0.3 is 0 Å². The largest absolute Gasteiger partial charge is 0.378 e. The molecule has 0 saturated heterocycles. The normalized spacial score (nSPS) is 10.3. The van der Waals surface area contributed by atoms with E-state index in [2.05, 4.69) is 16.4 Å². The van der Waals surface area contributed by atoms with Crippen LogP contribution in [-0.4, -0.2) is 22.1 Å². The summed E-state index contributed by atoms with van der Waals surface area (Å²) >= 11 is 0. The highest BCUT2D eigenvalue weighted by Crippen LogP contribution is 2.18. The topological polar surface area (TPSA) is 63.7 Å². The number of aromatic nitrogens is 3. The number of nitriles is 1. The molecule has 1 heterocycles. The summed E-state index contributed by atoms with van der Waals surface area (Å²) in [5, 5.41) is 16.9. The van der Waals surface area contributed by atoms with E-state index in [9.17, 15) is 0 Å². The molecule has 0 saturated carbocycles. The lowest BCUT2D eigenvalue weighted by atomic mass is 10.1. The van der Waals surface area contributed by atoms with Crippen molar-refractivity contribution in [2.45, 2.75) is 20.5 Å². The molecule has 92 valence electrons. The fraction of sp³-hybridized carbons (Fsp3) is 0.308. The van der Waals surface area contributed by atoms with Crippen LogP contribution < -0.4 is 0 Å². The molecule has 0 atom stereocenters. The average molecular weight is 242 g/mol. The van der Waals surface area contributed by atoms with E-state index in [4.69, 9.17) is 10.00 Å². The summed E-state index contributed by atoms with van der Waals surface area (Å²) in [6.45, 7) is 4.35. The Morgan fingerprint density at radius 3 is 2.78 bits per heavy atom. The van der Waals surface area contributed by atoms with E-state index in [0.717, 1.165) is 11.3 Å². The minimum Gasteiger partial charge on any atom is -0.378 e. The quantitative estimate of drug-likeness (QED) is 0.824. The number of aryl methyl sites for hydroxylation is 2. The maximum atomic E-state index is 9.00. The second-order valence-electron chi connectivity index (χ2n) is 4.13. The lowest BCUT2D eigenvalue weighted by Crippen LogP contribution is -2.06. The van der Waals surface area contributed by atoms with Crippen LogP contribution >= 0.6 is 0 Å². The van der Waals surface area contributed by atoms with Crippen LogP contribution in [-0.2, 0) is 11.3 Å². The molecule has 1 aromatic carbocycles. The van der Waals surface area contributed by atoms with Crippen molar-refractivity contribution in [2.75, 3.05) is 7.11 Å². The van der Waals surface area contributed by atoms with Crippen LogP contribution in [0.5, 0.6) is 0 Å². The molecule has 1 aromatic heterocycles. The van der Waals surface area contributed by atoms with Crippen molar-refractivity contribution in [1.82, 2.24) is 15.0 Å². The molecule has 0 radical (unpaired) electrons. The molecule has 0 unspecified atom stereocenters. The molecule has 2 rings (SSSR count). The number of hydrogen-bond acceptors (Lipinski definition) is 4. The van der Waals surface area contributed by atoms with Gasteiger partial charge in [0.05, 0.1) is 12.3 Å². The summed E-state index contributed by atoms with van der Waals surface area (Å²) in [6.07, 6.45) is 0. The predicted octanol–water partition coefficient (Wildman–Crippen LogP) is 1.90. The van der Waals surface area contributed by atoms with Crippen LogP contribution in [0.2, 0.25) is 0 Å². The van der Waals surface area contributed by atoms with Crippen molar-refractivity contribution in [1.29, 1.82) is 5.26 Å². The van der Waals surface area contributed by atoms with E-state index in [1.165, 1.54) is 5.56 Å². The Labute approximate surface area is 106 Å². The van der Waals surface area contributed by atoms with Gasteiger partial charge < -0.3 is 4.74 Å². The Bertz CT molecular complexity index is 610. The fourth-order valence-corrected chi connectivity index (χ4v) is 1.89. The van der Waals surface area contributed by atoms with Gasteiger partial charge in [-0.2, -0.15) is 5.26 Å². The van der Waals surface area contributed by atoms with E-state index >= 15 is 0 Å². The van der Waals surface area contributed by atoms with Crippen LogP contribution in [0.4, 0.5) is 0 Å². The standard InChI is InChI=1S/C13H14N4O/c1-9-4-5-12(10(2)6-9)17-13(8-18-3)11(7-14)15-16-17/h4-6H,8H2,1-3H3. The van der Waals surface area contributed by atoms with Crippen molar-refractivity contribution in [3.05, 3.63) is 40.7 Å². The number of ether oxygens (including phenoxy) is 1. The first-order valence-corrected chi connectivity index (χ1v) is 5.58. The summed E-state index contributed by atoms with van der Waals surface area (Å²) in [5.41, 5.74) is 4.16. The molecular formula is C13H14N4O. The lowest BCUT2D eigenvalue weighted by Gasteiger charge is -2.09. The van der Waals surface area contributed by atoms with Gasteiger partial charge in [-0.1, -0.05) is 22.9 Å². The maximum Gasteiger partial charge on any atom is 0.188 e. The van der Waals surface area contributed by atoms with Crippen molar-refractivity contribution in [2.24, 2.45) is 0 Å². The Kier molecular flexibility index (Phi) is 3.40. The van der Waals surface area contributed by atoms with Crippen LogP contribution in [0.15, 0.2) is 18.2 Å². The van der Waals surface area contributed by atoms with Crippen LogP contribution in [0, 0.1) is 25.2 Å². The first kappa shape index (κ1) is 12.3. The zero-order valence-electron chi connectivity index (χ0n) is 10.6. The van der Waals surface area contributed by atoms with Crippen molar-refractivity contribution in [3.63, 3.8) is 0 Å². The Balaban J connectivity index is 2.57. The zero-order chi connectivity index (χ0) is 13.1. The fourth-order valence-electron chi connectivity index (χ4n) is 1.89. The van der Waals surface area contributed by atoms with Gasteiger partial charge in [-0.05, 0) is 25.5 Å². The summed E-state index contributed by atoms with van der Waals surface area (Å²) in [5.74, 6) is 0. The molecule has 5 heteroatoms. The van der Waals surface area contributed by atoms with Gasteiger partial charge in [0, 0.05) is 7.11 Å². The van der Waals surface area contributed by atoms with Gasteiger partial charge in [-0.25, -0.2) is 4.68 Å². The highest BCUT2D eigenvalue weighted by Gasteiger charge is 2.14. The minimum absolute atomic E-state index is 0.303. The smallest absolute Gasteiger partial charge is 0.188 e. The van der Waals surface area contributed by atoms with E-state index in [1.807, 2.05) is 32.0 Å². The van der Waals surface area contributed by atoms with Crippen LogP contribution in [0.3, 0.4) is 0 Å². The van der Waals surface area contributed by atoms with Crippen molar-refractivity contribution < 1.29 is 4.74 Å². The molecule has 18 heavy (non-hydrogen) atoms. The number of methoxy groups -OCH3 is 1. The zero-order valence-corrected chi connectivity index (χ0v) is 10.6. The molecule has 0 N–H and O–H groups in total. The molecule has 0 aliphatic rings. The van der Waals surface area contributed by atoms with Crippen LogP contribution in [0.1, 0.15) is 22.5 Å². The number of hydrogen-bond donors (Lipinski definition) is 0. The van der Waals surface area contributed by atoms with E-state index in [1.54, 1.807) is 11.8 Å². The molecule has 0 bridgehead atoms. The molecule has 0 fully saturated rings. The van der Waals surface area contributed by atoms with E-state index in [-0.39, 0.29) is 0 Å². The molecule has 0 aliphatic heterocycles. The van der Waals surface area contributed by atoms with Crippen molar-refractivity contribution in [3.8, 4) is 11.8 Å². The predicted molar refractivity (Wildman–Crippen MR) is 66.3 cm³/mol. The second-order valence-corrected chi connectivity index (χ2v) is 4.13. The molecule has 5 nitrogen and oxygen atoms in total. The minimum atomic E-state index is 0.303. The Morgan fingerprint density at radius 1 is 1.39 bits per heavy atom. The van der Waals surface area contributed by atoms with Gasteiger partial charge in [0.1, 0.15) is 11.8 Å². The van der Waals surface area contributed by atoms with Crippen LogP contribution in [0.25, 0.3) is 5.69 Å². The molecule has 0 amide bonds. The first-order chi connectivity index (χ1) is 8.67. The van der Waals surface area contributed by atoms with E-state index in [0.29, 0.717) is 18.0 Å². The van der Waals surface area contributed by atoms with Gasteiger partial charge in [0.25, 0.3) is 0 Å². The monoisotopic (exact) mass is 242 g/mol. The third kappa shape index (κ3) is 2.11. The number of nitrogens with zero attached hydrogens (tertiary/aromatic N) is 4. The van der Waals surface area contributed by atoms with Gasteiger partial charge in [-0.3, -0.25) is 0 Å². The molecule has 2 aromatic rings. The summed E-state index contributed by atoms with van der Waals surface area (Å²) in [4.78, 5) is 0. The highest BCUT2D eigenvalue weighted by atomic mass is 16.5. The molecule has 0 aliphatic carbocycles. The Morgan fingerprint density at radius 2 is 2.17 bits per heavy atom. The summed E-state index contributed by atoms with van der Waals surface area (Å²) in [6, 6.07) is 8.07. The lowest BCUT2D eigenvalue weighted by molar-refractivity contribution is 0.179. The second kappa shape index (κ2) is 4.98. The van der Waals surface area contributed by atoms with Gasteiger partial charge in [-0.15, -0.1) is 5.10 Å². The van der Waals surface area contributed by atoms with Gasteiger partial charge in [0.2, 0.25) is 0 Å². The van der Waals surface area contributed by atoms with Gasteiger partial charge in [0.15, 0.2) is 5.69 Å². The molecule has 0 spiro atoms. The number of benzene rings is 1. The summed E-state index contributed by atoms with van der Waals surface area (Å²) in [7, 11) is 1.58. The van der Waals surface area contributed by atoms with Crippen molar-refractivity contribution >= 4 is 0 Å². The Hall–Kier alpha value is -2.19. The van der Waals surface area contributed by atoms with E-state index < -0.39 is 0 Å². The molecular weight excluding hydrogens is 228 g/mol. The average Bonchev–Trinajstić information content (AvgIpc) is 2.73. The SMILES string of the molecule is COCc1c(C#N)nnn1-c1ccc(C)cc1C. The first-order valence-electron chi connectivity index (χ1n) is 5.58.